The van der Waals surface area contributed by atoms with Crippen molar-refractivity contribution in [1.29, 1.82) is 0 Å². The van der Waals surface area contributed by atoms with Gasteiger partial charge in [0.2, 0.25) is 0 Å². The lowest BCUT2D eigenvalue weighted by atomic mass is 10.0. The maximum absolute atomic E-state index is 9.81. The Morgan fingerprint density at radius 2 is 1.83 bits per heavy atom. The number of hydrogen-bond acceptors (Lipinski definition) is 5. The summed E-state index contributed by atoms with van der Waals surface area (Å²) in [6, 6.07) is 23.4. The van der Waals surface area contributed by atoms with Gasteiger partial charge in [0, 0.05) is 36.8 Å². The smallest absolute Gasteiger partial charge is 0.157 e. The first-order valence-electron chi connectivity index (χ1n) is 12.5. The third-order valence-electron chi connectivity index (χ3n) is 6.48. The van der Waals surface area contributed by atoms with Gasteiger partial charge in [-0.25, -0.2) is 0 Å². The van der Waals surface area contributed by atoms with Gasteiger partial charge in [-0.3, -0.25) is 4.90 Å². The van der Waals surface area contributed by atoms with Gasteiger partial charge in [-0.05, 0) is 61.6 Å². The normalized spacial score (nSPS) is 17.6. The molecule has 0 spiro atoms. The molecule has 5 nitrogen and oxygen atoms in total. The fraction of sp³-hybridized carbons (Fsp3) is 0.379. The third-order valence-corrected chi connectivity index (χ3v) is 7.05. The van der Waals surface area contributed by atoms with Gasteiger partial charge in [0.05, 0.1) is 23.4 Å². The van der Waals surface area contributed by atoms with Crippen molar-refractivity contribution in [3.8, 4) is 5.75 Å². The summed E-state index contributed by atoms with van der Waals surface area (Å²) >= 11 is 12.6. The maximum Gasteiger partial charge on any atom is 0.157 e. The first-order valence-corrected chi connectivity index (χ1v) is 13.2. The van der Waals surface area contributed by atoms with Crippen LogP contribution in [0.15, 0.2) is 72.8 Å². The quantitative estimate of drug-likeness (QED) is 0.256. The Labute approximate surface area is 223 Å². The van der Waals surface area contributed by atoms with E-state index in [1.165, 1.54) is 5.56 Å². The molecule has 2 N–H and O–H groups in total. The summed E-state index contributed by atoms with van der Waals surface area (Å²) in [6.07, 6.45) is 3.06. The van der Waals surface area contributed by atoms with E-state index in [1.807, 2.05) is 30.3 Å². The Morgan fingerprint density at radius 3 is 2.53 bits per heavy atom. The average Bonchev–Trinajstić information content (AvgIpc) is 2.89. The van der Waals surface area contributed by atoms with E-state index in [2.05, 4.69) is 41.4 Å². The second-order valence-corrected chi connectivity index (χ2v) is 10.1. The topological polar surface area (TPSA) is 54.0 Å². The van der Waals surface area contributed by atoms with Crippen molar-refractivity contribution in [2.45, 2.75) is 51.1 Å². The molecular weight excluding hydrogens is 495 g/mol. The number of halogens is 2. The summed E-state index contributed by atoms with van der Waals surface area (Å²) in [7, 11) is 0. The lowest BCUT2D eigenvalue weighted by Gasteiger charge is -2.34. The molecule has 3 aromatic carbocycles. The Morgan fingerprint density at radius 1 is 1.06 bits per heavy atom. The number of rotatable bonds is 11. The lowest BCUT2D eigenvalue weighted by molar-refractivity contribution is -0.170. The first-order chi connectivity index (χ1) is 17.5. The summed E-state index contributed by atoms with van der Waals surface area (Å²) in [5.74, 6) is 0.134. The van der Waals surface area contributed by atoms with Gasteiger partial charge in [0.1, 0.15) is 5.75 Å². The molecule has 0 saturated carbocycles. The second-order valence-electron chi connectivity index (χ2n) is 9.31. The SMILES string of the molecule is C[C@H](COC1CCCCO1)N(Cc1ccccc1)CC(Nc1ccc(O)cc1Cl)c1ccc(Cl)cc1. The van der Waals surface area contributed by atoms with Gasteiger partial charge in [-0.2, -0.15) is 0 Å². The zero-order valence-electron chi connectivity index (χ0n) is 20.6. The lowest BCUT2D eigenvalue weighted by Crippen LogP contribution is -2.41. The molecule has 0 amide bonds. The molecule has 0 aromatic heterocycles. The predicted molar refractivity (Wildman–Crippen MR) is 147 cm³/mol. The van der Waals surface area contributed by atoms with Crippen LogP contribution in [0.1, 0.15) is 43.4 Å². The maximum atomic E-state index is 9.81. The van der Waals surface area contributed by atoms with Gasteiger partial charge >= 0.3 is 0 Å². The van der Waals surface area contributed by atoms with Crippen LogP contribution in [-0.4, -0.2) is 42.1 Å². The molecule has 7 heteroatoms. The number of anilines is 1. The predicted octanol–water partition coefficient (Wildman–Crippen LogP) is 7.29. The minimum Gasteiger partial charge on any atom is -0.508 e. The summed E-state index contributed by atoms with van der Waals surface area (Å²) in [5.41, 5.74) is 3.08. The van der Waals surface area contributed by atoms with Crippen molar-refractivity contribution in [1.82, 2.24) is 4.90 Å². The number of ether oxygens (including phenoxy) is 2. The fourth-order valence-corrected chi connectivity index (χ4v) is 4.74. The van der Waals surface area contributed by atoms with Crippen molar-refractivity contribution in [3.05, 3.63) is 94.0 Å². The molecule has 1 saturated heterocycles. The molecular formula is C29H34Cl2N2O3. The van der Waals surface area contributed by atoms with Gasteiger partial charge < -0.3 is 19.9 Å². The van der Waals surface area contributed by atoms with Crippen molar-refractivity contribution in [3.63, 3.8) is 0 Å². The molecule has 192 valence electrons. The molecule has 1 heterocycles. The van der Waals surface area contributed by atoms with Crippen molar-refractivity contribution in [2.75, 3.05) is 25.1 Å². The molecule has 3 aromatic rings. The summed E-state index contributed by atoms with van der Waals surface area (Å²) in [5, 5.41) is 14.6. The van der Waals surface area contributed by atoms with E-state index >= 15 is 0 Å². The Bertz CT molecular complexity index is 1080. The third kappa shape index (κ3) is 7.86. The van der Waals surface area contributed by atoms with E-state index in [1.54, 1.807) is 18.2 Å². The number of hydrogen-bond donors (Lipinski definition) is 2. The van der Waals surface area contributed by atoms with E-state index in [9.17, 15) is 5.11 Å². The van der Waals surface area contributed by atoms with E-state index in [-0.39, 0.29) is 24.1 Å². The molecule has 1 aliphatic heterocycles. The summed E-state index contributed by atoms with van der Waals surface area (Å²) < 4.78 is 12.0. The van der Waals surface area contributed by atoms with E-state index < -0.39 is 0 Å². The summed E-state index contributed by atoms with van der Waals surface area (Å²) in [6.45, 7) is 5.00. The first kappa shape index (κ1) is 26.8. The van der Waals surface area contributed by atoms with Crippen LogP contribution in [0, 0.1) is 0 Å². The molecule has 0 aliphatic carbocycles. The molecule has 0 bridgehead atoms. The van der Waals surface area contributed by atoms with Crippen LogP contribution in [0.4, 0.5) is 5.69 Å². The van der Waals surface area contributed by atoms with Crippen molar-refractivity contribution < 1.29 is 14.6 Å². The molecule has 1 aliphatic rings. The zero-order valence-corrected chi connectivity index (χ0v) is 22.1. The number of aromatic hydroxyl groups is 1. The van der Waals surface area contributed by atoms with Crippen LogP contribution < -0.4 is 5.32 Å². The van der Waals surface area contributed by atoms with Crippen LogP contribution in [0.5, 0.6) is 5.75 Å². The second kappa shape index (κ2) is 13.3. The van der Waals surface area contributed by atoms with Gasteiger partial charge in [0.25, 0.3) is 0 Å². The van der Waals surface area contributed by atoms with Crippen LogP contribution in [0.2, 0.25) is 10.0 Å². The van der Waals surface area contributed by atoms with Gasteiger partial charge in [0.15, 0.2) is 6.29 Å². The molecule has 0 radical (unpaired) electrons. The molecule has 2 unspecified atom stereocenters. The summed E-state index contributed by atoms with van der Waals surface area (Å²) in [4.78, 5) is 2.42. The van der Waals surface area contributed by atoms with Crippen LogP contribution in [0.3, 0.4) is 0 Å². The largest absolute Gasteiger partial charge is 0.508 e. The Hall–Kier alpha value is -2.28. The number of benzene rings is 3. The minimum atomic E-state index is -0.124. The van der Waals surface area contributed by atoms with Gasteiger partial charge in [-0.15, -0.1) is 0 Å². The molecule has 3 atom stereocenters. The number of phenolic OH excluding ortho intramolecular Hbond substituents is 1. The van der Waals surface area contributed by atoms with E-state index in [0.29, 0.717) is 23.2 Å². The minimum absolute atomic E-state index is 0.0820. The van der Waals surface area contributed by atoms with Crippen LogP contribution in [-0.2, 0) is 16.0 Å². The van der Waals surface area contributed by atoms with Gasteiger partial charge in [-0.1, -0.05) is 65.7 Å². The van der Waals surface area contributed by atoms with Crippen molar-refractivity contribution in [2.24, 2.45) is 0 Å². The standard InChI is InChI=1S/C29H34Cl2N2O3/c1-21(20-36-29-9-5-6-16-35-29)33(18-22-7-3-2-4-8-22)19-28(23-10-12-24(30)13-11-23)32-27-15-14-25(34)17-26(27)31/h2-4,7-8,10-15,17,21,28-29,32,34H,5-6,9,16,18-20H2,1H3/t21-,28?,29?/m1/s1. The molecule has 36 heavy (non-hydrogen) atoms. The average molecular weight is 530 g/mol. The van der Waals surface area contributed by atoms with Crippen LogP contribution in [0.25, 0.3) is 0 Å². The number of phenols is 1. The van der Waals surface area contributed by atoms with E-state index in [4.69, 9.17) is 32.7 Å². The highest BCUT2D eigenvalue weighted by atomic mass is 35.5. The Balaban J connectivity index is 1.56. The highest BCUT2D eigenvalue weighted by molar-refractivity contribution is 6.33. The van der Waals surface area contributed by atoms with Crippen molar-refractivity contribution >= 4 is 28.9 Å². The number of nitrogens with one attached hydrogen (secondary N) is 1. The molecule has 1 fully saturated rings. The monoisotopic (exact) mass is 528 g/mol. The van der Waals surface area contributed by atoms with Crippen LogP contribution >= 0.6 is 23.2 Å². The molecule has 4 rings (SSSR count). The van der Waals surface area contributed by atoms with E-state index in [0.717, 1.165) is 43.7 Å². The Kier molecular flexibility index (Phi) is 9.90. The highest BCUT2D eigenvalue weighted by Gasteiger charge is 2.24. The highest BCUT2D eigenvalue weighted by Crippen LogP contribution is 2.31. The fourth-order valence-electron chi connectivity index (χ4n) is 4.39. The zero-order chi connectivity index (χ0) is 25.3. The number of nitrogens with zero attached hydrogens (tertiary/aromatic N) is 1.